The molecular formula is C15H11ClN2O3S. The van der Waals surface area contributed by atoms with E-state index in [0.29, 0.717) is 27.4 Å². The summed E-state index contributed by atoms with van der Waals surface area (Å²) < 4.78 is 22.9. The van der Waals surface area contributed by atoms with Crippen LogP contribution in [0.15, 0.2) is 47.4 Å². The third kappa shape index (κ3) is 2.64. The molecule has 5 nitrogen and oxygen atoms in total. The van der Waals surface area contributed by atoms with Gasteiger partial charge in [0, 0.05) is 21.8 Å². The van der Waals surface area contributed by atoms with Crippen molar-refractivity contribution < 1.29 is 13.2 Å². The number of amides is 1. The summed E-state index contributed by atoms with van der Waals surface area (Å²) in [6.45, 7) is 0. The fourth-order valence-electron chi connectivity index (χ4n) is 2.24. The predicted octanol–water partition coefficient (Wildman–Crippen LogP) is 2.48. The van der Waals surface area contributed by atoms with E-state index in [0.717, 1.165) is 0 Å². The molecule has 0 atom stereocenters. The molecule has 0 fully saturated rings. The highest BCUT2D eigenvalue weighted by molar-refractivity contribution is 7.89. The number of fused-ring (bicyclic) bond motifs is 1. The number of carbonyl (C=O) groups excluding carboxylic acids is 1. The lowest BCUT2D eigenvalue weighted by atomic mass is 10.0. The zero-order valence-corrected chi connectivity index (χ0v) is 12.8. The van der Waals surface area contributed by atoms with Crippen molar-refractivity contribution in [3.63, 3.8) is 0 Å². The van der Waals surface area contributed by atoms with Crippen LogP contribution < -0.4 is 10.5 Å². The van der Waals surface area contributed by atoms with Gasteiger partial charge in [-0.1, -0.05) is 29.8 Å². The standard InChI is InChI=1S/C15H11ClN2O3S/c16-13-4-2-1-3-9(13)7-12-11-8-10(22(17,20)21)5-6-14(11)18-15(12)19/h1-8H,(H,18,19)(H2,17,20,21)/b12-7+. The van der Waals surface area contributed by atoms with Gasteiger partial charge in [0.25, 0.3) is 5.91 Å². The summed E-state index contributed by atoms with van der Waals surface area (Å²) in [4.78, 5) is 12.1. The molecule has 22 heavy (non-hydrogen) atoms. The number of carbonyl (C=O) groups is 1. The van der Waals surface area contributed by atoms with E-state index in [1.807, 2.05) is 0 Å². The smallest absolute Gasteiger partial charge is 0.256 e. The molecule has 0 bridgehead atoms. The van der Waals surface area contributed by atoms with Gasteiger partial charge in [-0.25, -0.2) is 13.6 Å². The van der Waals surface area contributed by atoms with Gasteiger partial charge >= 0.3 is 0 Å². The van der Waals surface area contributed by atoms with Gasteiger partial charge in [-0.3, -0.25) is 4.79 Å². The maximum atomic E-state index is 12.1. The molecule has 0 saturated carbocycles. The lowest BCUT2D eigenvalue weighted by molar-refractivity contribution is -0.110. The molecule has 0 aliphatic carbocycles. The number of primary sulfonamides is 1. The minimum Gasteiger partial charge on any atom is -0.321 e. The van der Waals surface area contributed by atoms with Gasteiger partial charge in [-0.05, 0) is 35.9 Å². The highest BCUT2D eigenvalue weighted by Gasteiger charge is 2.26. The van der Waals surface area contributed by atoms with Crippen LogP contribution in [0.4, 0.5) is 5.69 Å². The molecule has 0 spiro atoms. The number of anilines is 1. The van der Waals surface area contributed by atoms with Crippen LogP contribution in [0, 0.1) is 0 Å². The largest absolute Gasteiger partial charge is 0.321 e. The van der Waals surface area contributed by atoms with Crippen molar-refractivity contribution in [2.75, 3.05) is 5.32 Å². The molecule has 7 heteroatoms. The molecule has 0 radical (unpaired) electrons. The van der Waals surface area contributed by atoms with E-state index in [2.05, 4.69) is 5.32 Å². The van der Waals surface area contributed by atoms with Gasteiger partial charge < -0.3 is 5.32 Å². The molecule has 1 amide bonds. The average molecular weight is 335 g/mol. The Morgan fingerprint density at radius 2 is 1.86 bits per heavy atom. The van der Waals surface area contributed by atoms with E-state index in [4.69, 9.17) is 16.7 Å². The highest BCUT2D eigenvalue weighted by Crippen LogP contribution is 2.35. The number of hydrogen-bond acceptors (Lipinski definition) is 3. The maximum Gasteiger partial charge on any atom is 0.256 e. The topological polar surface area (TPSA) is 89.3 Å². The monoisotopic (exact) mass is 334 g/mol. The quantitative estimate of drug-likeness (QED) is 0.827. The first-order chi connectivity index (χ1) is 10.4. The number of sulfonamides is 1. The van der Waals surface area contributed by atoms with Crippen LogP contribution in [-0.2, 0) is 14.8 Å². The summed E-state index contributed by atoms with van der Waals surface area (Å²) in [5, 5.41) is 8.31. The van der Waals surface area contributed by atoms with E-state index in [1.165, 1.54) is 18.2 Å². The molecule has 1 heterocycles. The molecule has 2 aromatic carbocycles. The zero-order chi connectivity index (χ0) is 15.9. The Labute approximate surface area is 132 Å². The number of rotatable bonds is 2. The van der Waals surface area contributed by atoms with E-state index in [1.54, 1.807) is 30.3 Å². The van der Waals surface area contributed by atoms with E-state index in [9.17, 15) is 13.2 Å². The van der Waals surface area contributed by atoms with Crippen molar-refractivity contribution in [3.05, 3.63) is 58.6 Å². The van der Waals surface area contributed by atoms with Gasteiger partial charge in [-0.2, -0.15) is 0 Å². The fourth-order valence-corrected chi connectivity index (χ4v) is 2.97. The number of hydrogen-bond donors (Lipinski definition) is 2. The van der Waals surface area contributed by atoms with Crippen molar-refractivity contribution in [3.8, 4) is 0 Å². The predicted molar refractivity (Wildman–Crippen MR) is 85.8 cm³/mol. The van der Waals surface area contributed by atoms with Crippen LogP contribution in [0.3, 0.4) is 0 Å². The van der Waals surface area contributed by atoms with Crippen molar-refractivity contribution in [1.29, 1.82) is 0 Å². The van der Waals surface area contributed by atoms with Crippen LogP contribution in [0.2, 0.25) is 5.02 Å². The normalized spacial score (nSPS) is 15.7. The van der Waals surface area contributed by atoms with Crippen LogP contribution >= 0.6 is 11.6 Å². The van der Waals surface area contributed by atoms with Gasteiger partial charge in [0.2, 0.25) is 10.0 Å². The van der Waals surface area contributed by atoms with Crippen molar-refractivity contribution in [2.45, 2.75) is 4.90 Å². The molecule has 0 unspecified atom stereocenters. The number of halogens is 1. The van der Waals surface area contributed by atoms with Crippen molar-refractivity contribution in [1.82, 2.24) is 0 Å². The maximum absolute atomic E-state index is 12.1. The second kappa shape index (κ2) is 5.24. The van der Waals surface area contributed by atoms with Gasteiger partial charge in [-0.15, -0.1) is 0 Å². The molecule has 1 aliphatic heterocycles. The van der Waals surface area contributed by atoms with Crippen molar-refractivity contribution >= 4 is 44.9 Å². The molecule has 0 aromatic heterocycles. The third-order valence-corrected chi connectivity index (χ3v) is 4.56. The lowest BCUT2D eigenvalue weighted by Gasteiger charge is -2.03. The Hall–Kier alpha value is -2.15. The number of nitrogens with one attached hydrogen (secondary N) is 1. The lowest BCUT2D eigenvalue weighted by Crippen LogP contribution is -2.12. The van der Waals surface area contributed by atoms with E-state index in [-0.39, 0.29) is 10.8 Å². The average Bonchev–Trinajstić information content (AvgIpc) is 2.76. The zero-order valence-electron chi connectivity index (χ0n) is 11.2. The first-order valence-corrected chi connectivity index (χ1v) is 8.23. The molecule has 112 valence electrons. The van der Waals surface area contributed by atoms with Crippen LogP contribution in [0.1, 0.15) is 11.1 Å². The molecule has 3 N–H and O–H groups in total. The first-order valence-electron chi connectivity index (χ1n) is 6.31. The van der Waals surface area contributed by atoms with Crippen LogP contribution in [0.25, 0.3) is 11.6 Å². The second-order valence-electron chi connectivity index (χ2n) is 4.79. The van der Waals surface area contributed by atoms with Gasteiger partial charge in [0.05, 0.1) is 4.90 Å². The minimum absolute atomic E-state index is 0.0483. The molecule has 3 rings (SSSR count). The number of nitrogens with two attached hydrogens (primary N) is 1. The van der Waals surface area contributed by atoms with Gasteiger partial charge in [0.15, 0.2) is 0 Å². The summed E-state index contributed by atoms with van der Waals surface area (Å²) in [6.07, 6.45) is 1.62. The Bertz CT molecular complexity index is 920. The van der Waals surface area contributed by atoms with Gasteiger partial charge in [0.1, 0.15) is 0 Å². The summed E-state index contributed by atoms with van der Waals surface area (Å²) in [6, 6.07) is 11.3. The Morgan fingerprint density at radius 1 is 1.14 bits per heavy atom. The second-order valence-corrected chi connectivity index (χ2v) is 6.75. The summed E-state index contributed by atoms with van der Waals surface area (Å²) in [5.74, 6) is -0.318. The summed E-state index contributed by atoms with van der Waals surface area (Å²) in [7, 11) is -3.84. The molecule has 0 saturated heterocycles. The van der Waals surface area contributed by atoms with E-state index >= 15 is 0 Å². The Kier molecular flexibility index (Phi) is 3.52. The number of benzene rings is 2. The Balaban J connectivity index is 2.17. The third-order valence-electron chi connectivity index (χ3n) is 3.31. The summed E-state index contributed by atoms with van der Waals surface area (Å²) >= 11 is 6.09. The minimum atomic E-state index is -3.84. The van der Waals surface area contributed by atoms with E-state index < -0.39 is 10.0 Å². The van der Waals surface area contributed by atoms with Crippen LogP contribution in [0.5, 0.6) is 0 Å². The fraction of sp³-hybridized carbons (Fsp3) is 0. The Morgan fingerprint density at radius 3 is 2.55 bits per heavy atom. The van der Waals surface area contributed by atoms with Crippen molar-refractivity contribution in [2.24, 2.45) is 5.14 Å². The van der Waals surface area contributed by atoms with Crippen LogP contribution in [-0.4, -0.2) is 14.3 Å². The first kappa shape index (κ1) is 14.8. The highest BCUT2D eigenvalue weighted by atomic mass is 35.5. The SMILES string of the molecule is NS(=O)(=O)c1ccc2c(c1)/C(=C\c1ccccc1Cl)C(=O)N2. The molecular weight excluding hydrogens is 324 g/mol. The molecule has 1 aliphatic rings. The molecule has 2 aromatic rings. The summed E-state index contributed by atoms with van der Waals surface area (Å²) in [5.41, 5.74) is 2.03.